The first-order valence-corrected chi connectivity index (χ1v) is 3.97. The van der Waals surface area contributed by atoms with Gasteiger partial charge in [-0.3, -0.25) is 4.79 Å². The Labute approximate surface area is 80.6 Å². The number of carbonyl (C=O) groups is 1. The van der Waals surface area contributed by atoms with E-state index in [1.807, 2.05) is 0 Å². The zero-order valence-corrected chi connectivity index (χ0v) is 7.56. The lowest BCUT2D eigenvalue weighted by atomic mass is 10.1. The Bertz CT molecular complexity index is 330. The first-order valence-electron chi connectivity index (χ1n) is 3.97. The molecule has 0 heterocycles. The van der Waals surface area contributed by atoms with Gasteiger partial charge in [0, 0.05) is 6.07 Å². The van der Waals surface area contributed by atoms with Crippen LogP contribution in [0.2, 0.25) is 0 Å². The third kappa shape index (κ3) is 2.14. The SMILES string of the molecule is CNC(C(=O)O)c1cc(O)cc(O)c1. The molecule has 76 valence electrons. The summed E-state index contributed by atoms with van der Waals surface area (Å²) in [6.45, 7) is 0. The average molecular weight is 197 g/mol. The molecule has 0 saturated heterocycles. The lowest BCUT2D eigenvalue weighted by molar-refractivity contribution is -0.139. The Morgan fingerprint density at radius 3 is 2.14 bits per heavy atom. The predicted octanol–water partition coefficient (Wildman–Crippen LogP) is 0.443. The van der Waals surface area contributed by atoms with Crippen LogP contribution < -0.4 is 5.32 Å². The number of rotatable bonds is 3. The number of carboxylic acids is 1. The van der Waals surface area contributed by atoms with Crippen LogP contribution in [0.15, 0.2) is 18.2 Å². The molecule has 1 aromatic carbocycles. The van der Waals surface area contributed by atoms with Crippen LogP contribution in [-0.4, -0.2) is 28.3 Å². The Morgan fingerprint density at radius 2 is 1.79 bits per heavy atom. The van der Waals surface area contributed by atoms with Gasteiger partial charge in [0.2, 0.25) is 0 Å². The molecule has 4 N–H and O–H groups in total. The molecule has 0 aliphatic carbocycles. The smallest absolute Gasteiger partial charge is 0.325 e. The van der Waals surface area contributed by atoms with Gasteiger partial charge >= 0.3 is 5.97 Å². The third-order valence-corrected chi connectivity index (χ3v) is 1.79. The van der Waals surface area contributed by atoms with Gasteiger partial charge in [-0.05, 0) is 24.7 Å². The minimum atomic E-state index is -1.07. The Kier molecular flexibility index (Phi) is 2.93. The molecule has 1 rings (SSSR count). The summed E-state index contributed by atoms with van der Waals surface area (Å²) in [5.41, 5.74) is 0.303. The van der Waals surface area contributed by atoms with Gasteiger partial charge in [-0.2, -0.15) is 0 Å². The van der Waals surface area contributed by atoms with Crippen molar-refractivity contribution in [3.8, 4) is 11.5 Å². The number of nitrogens with one attached hydrogen (secondary N) is 1. The monoisotopic (exact) mass is 197 g/mol. The van der Waals surface area contributed by atoms with Crippen LogP contribution in [0.25, 0.3) is 0 Å². The van der Waals surface area contributed by atoms with Gasteiger partial charge in [0.25, 0.3) is 0 Å². The molecule has 0 bridgehead atoms. The maximum Gasteiger partial charge on any atom is 0.325 e. The molecule has 5 nitrogen and oxygen atoms in total. The van der Waals surface area contributed by atoms with Gasteiger partial charge in [-0.1, -0.05) is 0 Å². The molecule has 0 amide bonds. The number of phenolic OH excluding ortho intramolecular Hbond substituents is 2. The van der Waals surface area contributed by atoms with Crippen molar-refractivity contribution in [1.29, 1.82) is 0 Å². The molecule has 0 spiro atoms. The van der Waals surface area contributed by atoms with Crippen LogP contribution in [-0.2, 0) is 4.79 Å². The summed E-state index contributed by atoms with van der Waals surface area (Å²) < 4.78 is 0. The Balaban J connectivity index is 3.10. The van der Waals surface area contributed by atoms with E-state index in [4.69, 9.17) is 15.3 Å². The minimum Gasteiger partial charge on any atom is -0.508 e. The normalized spacial score (nSPS) is 12.4. The van der Waals surface area contributed by atoms with E-state index in [2.05, 4.69) is 5.32 Å². The summed E-state index contributed by atoms with van der Waals surface area (Å²) in [5, 5.41) is 29.6. The highest BCUT2D eigenvalue weighted by atomic mass is 16.4. The van der Waals surface area contributed by atoms with Crippen molar-refractivity contribution in [3.63, 3.8) is 0 Å². The van der Waals surface area contributed by atoms with Crippen LogP contribution in [0.1, 0.15) is 11.6 Å². The molecule has 0 aliphatic rings. The summed E-state index contributed by atoms with van der Waals surface area (Å²) >= 11 is 0. The minimum absolute atomic E-state index is 0.165. The summed E-state index contributed by atoms with van der Waals surface area (Å²) in [6.07, 6.45) is 0. The largest absolute Gasteiger partial charge is 0.508 e. The quantitative estimate of drug-likeness (QED) is 0.564. The molecule has 0 aliphatic heterocycles. The maximum absolute atomic E-state index is 10.7. The fourth-order valence-corrected chi connectivity index (χ4v) is 1.22. The Hall–Kier alpha value is -1.75. The van der Waals surface area contributed by atoms with E-state index in [1.54, 1.807) is 0 Å². The second kappa shape index (κ2) is 3.97. The summed E-state index contributed by atoms with van der Waals surface area (Å²) in [5.74, 6) is -1.40. The van der Waals surface area contributed by atoms with Crippen LogP contribution in [0, 0.1) is 0 Å². The molecule has 0 saturated carbocycles. The van der Waals surface area contributed by atoms with E-state index in [0.29, 0.717) is 5.56 Å². The highest BCUT2D eigenvalue weighted by Gasteiger charge is 2.18. The van der Waals surface area contributed by atoms with Crippen molar-refractivity contribution in [2.24, 2.45) is 0 Å². The van der Waals surface area contributed by atoms with Gasteiger partial charge in [0.1, 0.15) is 17.5 Å². The van der Waals surface area contributed by atoms with Crippen molar-refractivity contribution in [2.75, 3.05) is 7.05 Å². The predicted molar refractivity (Wildman–Crippen MR) is 49.2 cm³/mol. The zero-order chi connectivity index (χ0) is 10.7. The van der Waals surface area contributed by atoms with E-state index in [-0.39, 0.29) is 11.5 Å². The molecule has 14 heavy (non-hydrogen) atoms. The van der Waals surface area contributed by atoms with Crippen LogP contribution in [0.4, 0.5) is 0 Å². The number of hydrogen-bond donors (Lipinski definition) is 4. The van der Waals surface area contributed by atoms with Crippen molar-refractivity contribution in [1.82, 2.24) is 5.32 Å². The lowest BCUT2D eigenvalue weighted by Crippen LogP contribution is -2.24. The first kappa shape index (κ1) is 10.3. The molecule has 1 unspecified atom stereocenters. The van der Waals surface area contributed by atoms with Crippen molar-refractivity contribution in [2.45, 2.75) is 6.04 Å². The number of hydrogen-bond acceptors (Lipinski definition) is 4. The second-order valence-electron chi connectivity index (χ2n) is 2.84. The molecular formula is C9H11NO4. The van der Waals surface area contributed by atoms with E-state index in [9.17, 15) is 4.79 Å². The summed E-state index contributed by atoms with van der Waals surface area (Å²) in [6, 6.07) is 2.77. The molecule has 5 heteroatoms. The number of phenols is 2. The first-order chi connectivity index (χ1) is 6.54. The van der Waals surface area contributed by atoms with Gasteiger partial charge in [0.15, 0.2) is 0 Å². The molecular weight excluding hydrogens is 186 g/mol. The molecule has 0 radical (unpaired) electrons. The highest BCUT2D eigenvalue weighted by molar-refractivity contribution is 5.75. The fraction of sp³-hybridized carbons (Fsp3) is 0.222. The number of likely N-dealkylation sites (N-methyl/N-ethyl adjacent to an activating group) is 1. The number of benzene rings is 1. The lowest BCUT2D eigenvalue weighted by Gasteiger charge is -2.11. The van der Waals surface area contributed by atoms with E-state index in [1.165, 1.54) is 19.2 Å². The van der Waals surface area contributed by atoms with E-state index >= 15 is 0 Å². The van der Waals surface area contributed by atoms with E-state index < -0.39 is 12.0 Å². The van der Waals surface area contributed by atoms with Crippen molar-refractivity contribution in [3.05, 3.63) is 23.8 Å². The van der Waals surface area contributed by atoms with Gasteiger partial charge in [-0.25, -0.2) is 0 Å². The third-order valence-electron chi connectivity index (χ3n) is 1.79. The van der Waals surface area contributed by atoms with Crippen LogP contribution in [0.5, 0.6) is 11.5 Å². The standard InChI is InChI=1S/C9H11NO4/c1-10-8(9(13)14)5-2-6(11)4-7(12)3-5/h2-4,8,10-12H,1H3,(H,13,14). The van der Waals surface area contributed by atoms with Gasteiger partial charge < -0.3 is 20.6 Å². The molecule has 0 fully saturated rings. The Morgan fingerprint density at radius 1 is 1.29 bits per heavy atom. The van der Waals surface area contributed by atoms with Gasteiger partial charge in [-0.15, -0.1) is 0 Å². The molecule has 0 aromatic heterocycles. The maximum atomic E-state index is 10.7. The number of aliphatic carboxylic acids is 1. The summed E-state index contributed by atoms with van der Waals surface area (Å²) in [4.78, 5) is 10.7. The van der Waals surface area contributed by atoms with Crippen LogP contribution >= 0.6 is 0 Å². The molecule has 1 atom stereocenters. The summed E-state index contributed by atoms with van der Waals surface area (Å²) in [7, 11) is 1.49. The average Bonchev–Trinajstić information content (AvgIpc) is 2.02. The number of aromatic hydroxyl groups is 2. The van der Waals surface area contributed by atoms with Gasteiger partial charge in [0.05, 0.1) is 0 Å². The molecule has 1 aromatic rings. The highest BCUT2D eigenvalue weighted by Crippen LogP contribution is 2.24. The van der Waals surface area contributed by atoms with E-state index in [0.717, 1.165) is 6.07 Å². The van der Waals surface area contributed by atoms with Crippen LogP contribution in [0.3, 0.4) is 0 Å². The second-order valence-corrected chi connectivity index (χ2v) is 2.84. The zero-order valence-electron chi connectivity index (χ0n) is 7.56. The topological polar surface area (TPSA) is 89.8 Å². The van der Waals surface area contributed by atoms with Crippen molar-refractivity contribution < 1.29 is 20.1 Å². The van der Waals surface area contributed by atoms with Crippen molar-refractivity contribution >= 4 is 5.97 Å². The fourth-order valence-electron chi connectivity index (χ4n) is 1.22. The number of carboxylic acid groups (broad SMARTS) is 1.